The van der Waals surface area contributed by atoms with Crippen LogP contribution in [-0.4, -0.2) is 22.9 Å². The van der Waals surface area contributed by atoms with Crippen molar-refractivity contribution in [3.8, 4) is 0 Å². The normalized spacial score (nSPS) is 12.6. The summed E-state index contributed by atoms with van der Waals surface area (Å²) in [5.74, 6) is 0. The number of rotatable bonds is 10. The fraction of sp³-hybridized carbons (Fsp3) is 0.625. The van der Waals surface area contributed by atoms with Crippen LogP contribution in [0.2, 0.25) is 0 Å². The van der Waals surface area contributed by atoms with E-state index in [4.69, 9.17) is 5.11 Å². The molecular formula is C16H26O2. The number of hydrogen-bond acceptors (Lipinski definition) is 2. The quantitative estimate of drug-likeness (QED) is 0.625. The van der Waals surface area contributed by atoms with E-state index in [2.05, 4.69) is 30.3 Å². The Morgan fingerprint density at radius 1 is 0.833 bits per heavy atom. The van der Waals surface area contributed by atoms with E-state index < -0.39 is 6.10 Å². The minimum atomic E-state index is -0.511. The Bertz CT molecular complexity index is 284. The van der Waals surface area contributed by atoms with Gasteiger partial charge in [0.15, 0.2) is 0 Å². The second kappa shape index (κ2) is 10.1. The summed E-state index contributed by atoms with van der Waals surface area (Å²) >= 11 is 0. The maximum Gasteiger partial charge on any atom is 0.0770 e. The molecular weight excluding hydrogens is 224 g/mol. The van der Waals surface area contributed by atoms with Crippen LogP contribution in [0.25, 0.3) is 0 Å². The average Bonchev–Trinajstić information content (AvgIpc) is 2.42. The molecule has 0 aliphatic carbocycles. The summed E-state index contributed by atoms with van der Waals surface area (Å²) in [4.78, 5) is 0. The standard InChI is InChI=1S/C16H26O2/c17-14-16(18)13-9-4-2-1-3-6-10-15-11-7-5-8-12-15/h5,7-8,11-12,16-18H,1-4,6,9-10,13-14H2. The number of unbranched alkanes of at least 4 members (excludes halogenated alkanes) is 5. The van der Waals surface area contributed by atoms with Gasteiger partial charge in [-0.25, -0.2) is 0 Å². The molecule has 0 saturated heterocycles. The van der Waals surface area contributed by atoms with Crippen LogP contribution in [-0.2, 0) is 6.42 Å². The molecule has 0 aliphatic heterocycles. The van der Waals surface area contributed by atoms with Crippen molar-refractivity contribution in [3.63, 3.8) is 0 Å². The van der Waals surface area contributed by atoms with Gasteiger partial charge in [0.05, 0.1) is 12.7 Å². The lowest BCUT2D eigenvalue weighted by atomic mass is 10.0. The molecule has 2 nitrogen and oxygen atoms in total. The third kappa shape index (κ3) is 7.46. The van der Waals surface area contributed by atoms with Gasteiger partial charge in [0, 0.05) is 0 Å². The monoisotopic (exact) mass is 250 g/mol. The number of hydrogen-bond donors (Lipinski definition) is 2. The van der Waals surface area contributed by atoms with Gasteiger partial charge in [0.2, 0.25) is 0 Å². The topological polar surface area (TPSA) is 40.5 Å². The Hall–Kier alpha value is -0.860. The number of aryl methyl sites for hydroxylation is 1. The fourth-order valence-corrected chi connectivity index (χ4v) is 2.15. The molecule has 0 bridgehead atoms. The van der Waals surface area contributed by atoms with Crippen molar-refractivity contribution < 1.29 is 10.2 Å². The highest BCUT2D eigenvalue weighted by atomic mass is 16.3. The lowest BCUT2D eigenvalue weighted by molar-refractivity contribution is 0.0860. The van der Waals surface area contributed by atoms with Gasteiger partial charge in [-0.15, -0.1) is 0 Å². The van der Waals surface area contributed by atoms with Gasteiger partial charge in [-0.3, -0.25) is 0 Å². The van der Waals surface area contributed by atoms with Crippen molar-refractivity contribution in [2.75, 3.05) is 6.61 Å². The highest BCUT2D eigenvalue weighted by molar-refractivity contribution is 5.14. The van der Waals surface area contributed by atoms with E-state index in [0.29, 0.717) is 0 Å². The second-order valence-electron chi connectivity index (χ2n) is 4.98. The van der Waals surface area contributed by atoms with Crippen LogP contribution < -0.4 is 0 Å². The van der Waals surface area contributed by atoms with Crippen molar-refractivity contribution in [2.45, 2.75) is 57.5 Å². The molecule has 1 aromatic carbocycles. The van der Waals surface area contributed by atoms with E-state index in [-0.39, 0.29) is 6.61 Å². The zero-order valence-corrected chi connectivity index (χ0v) is 11.2. The van der Waals surface area contributed by atoms with Crippen molar-refractivity contribution in [1.82, 2.24) is 0 Å². The average molecular weight is 250 g/mol. The SMILES string of the molecule is OCC(O)CCCCCCCCc1ccccc1. The lowest BCUT2D eigenvalue weighted by Gasteiger charge is -2.06. The summed E-state index contributed by atoms with van der Waals surface area (Å²) in [6.45, 7) is -0.100. The van der Waals surface area contributed by atoms with E-state index in [1.807, 2.05) is 0 Å². The van der Waals surface area contributed by atoms with Crippen LogP contribution >= 0.6 is 0 Å². The van der Waals surface area contributed by atoms with Crippen molar-refractivity contribution >= 4 is 0 Å². The first-order valence-corrected chi connectivity index (χ1v) is 7.16. The summed E-state index contributed by atoms with van der Waals surface area (Å²) in [7, 11) is 0. The van der Waals surface area contributed by atoms with Gasteiger partial charge in [-0.2, -0.15) is 0 Å². The lowest BCUT2D eigenvalue weighted by Crippen LogP contribution is -2.10. The largest absolute Gasteiger partial charge is 0.394 e. The summed E-state index contributed by atoms with van der Waals surface area (Å²) < 4.78 is 0. The third-order valence-corrected chi connectivity index (χ3v) is 3.31. The van der Waals surface area contributed by atoms with Crippen LogP contribution in [0.4, 0.5) is 0 Å². The first-order chi connectivity index (χ1) is 8.83. The molecule has 18 heavy (non-hydrogen) atoms. The third-order valence-electron chi connectivity index (χ3n) is 3.31. The Kier molecular flexibility index (Phi) is 8.53. The van der Waals surface area contributed by atoms with Crippen LogP contribution in [0.5, 0.6) is 0 Å². The van der Waals surface area contributed by atoms with Crippen LogP contribution in [0.1, 0.15) is 50.5 Å². The molecule has 0 spiro atoms. The molecule has 0 amide bonds. The molecule has 0 fully saturated rings. The summed E-state index contributed by atoms with van der Waals surface area (Å²) in [6, 6.07) is 10.6. The number of benzene rings is 1. The summed E-state index contributed by atoms with van der Waals surface area (Å²) in [6.07, 6.45) is 8.69. The van der Waals surface area contributed by atoms with Gasteiger partial charge < -0.3 is 10.2 Å². The maximum atomic E-state index is 9.17. The van der Waals surface area contributed by atoms with E-state index >= 15 is 0 Å². The van der Waals surface area contributed by atoms with Gasteiger partial charge in [-0.05, 0) is 24.8 Å². The molecule has 1 atom stereocenters. The summed E-state index contributed by atoms with van der Waals surface area (Å²) in [5.41, 5.74) is 1.43. The van der Waals surface area contributed by atoms with E-state index in [9.17, 15) is 5.11 Å². The molecule has 0 saturated carbocycles. The van der Waals surface area contributed by atoms with Gasteiger partial charge in [-0.1, -0.05) is 62.4 Å². The van der Waals surface area contributed by atoms with Crippen molar-refractivity contribution in [1.29, 1.82) is 0 Å². The number of aliphatic hydroxyl groups excluding tert-OH is 2. The minimum Gasteiger partial charge on any atom is -0.394 e. The number of aliphatic hydroxyl groups is 2. The van der Waals surface area contributed by atoms with Gasteiger partial charge in [0.25, 0.3) is 0 Å². The zero-order chi connectivity index (χ0) is 13.1. The van der Waals surface area contributed by atoms with Crippen molar-refractivity contribution in [3.05, 3.63) is 35.9 Å². The Labute approximate surface area is 111 Å². The minimum absolute atomic E-state index is 0.100. The van der Waals surface area contributed by atoms with E-state index in [1.165, 1.54) is 44.1 Å². The second-order valence-corrected chi connectivity index (χ2v) is 4.98. The van der Waals surface area contributed by atoms with E-state index in [0.717, 1.165) is 12.8 Å². The zero-order valence-electron chi connectivity index (χ0n) is 11.2. The maximum absolute atomic E-state index is 9.17. The first-order valence-electron chi connectivity index (χ1n) is 7.16. The smallest absolute Gasteiger partial charge is 0.0770 e. The van der Waals surface area contributed by atoms with Crippen molar-refractivity contribution in [2.24, 2.45) is 0 Å². The van der Waals surface area contributed by atoms with Gasteiger partial charge in [0.1, 0.15) is 0 Å². The predicted molar refractivity (Wildman–Crippen MR) is 75.6 cm³/mol. The summed E-state index contributed by atoms with van der Waals surface area (Å²) in [5, 5.41) is 17.8. The van der Waals surface area contributed by atoms with Gasteiger partial charge >= 0.3 is 0 Å². The molecule has 2 N–H and O–H groups in total. The molecule has 1 rings (SSSR count). The molecule has 102 valence electrons. The Morgan fingerprint density at radius 3 is 2.11 bits per heavy atom. The van der Waals surface area contributed by atoms with Crippen LogP contribution in [0, 0.1) is 0 Å². The molecule has 0 aromatic heterocycles. The first kappa shape index (κ1) is 15.2. The molecule has 1 aromatic rings. The molecule has 0 heterocycles. The van der Waals surface area contributed by atoms with Crippen LogP contribution in [0.3, 0.4) is 0 Å². The molecule has 0 aliphatic rings. The Morgan fingerprint density at radius 2 is 1.44 bits per heavy atom. The fourth-order valence-electron chi connectivity index (χ4n) is 2.15. The molecule has 2 heteroatoms. The Balaban J connectivity index is 1.87. The predicted octanol–water partition coefficient (Wildman–Crippen LogP) is 3.31. The highest BCUT2D eigenvalue weighted by Gasteiger charge is 2.00. The van der Waals surface area contributed by atoms with Crippen LogP contribution in [0.15, 0.2) is 30.3 Å². The van der Waals surface area contributed by atoms with E-state index in [1.54, 1.807) is 0 Å². The molecule has 1 unspecified atom stereocenters. The highest BCUT2D eigenvalue weighted by Crippen LogP contribution is 2.11. The molecule has 0 radical (unpaired) electrons.